The summed E-state index contributed by atoms with van der Waals surface area (Å²) in [5, 5.41) is 10.9. The minimum Gasteiger partial charge on any atom is -0.480 e. The Kier molecular flexibility index (Phi) is 3.79. The lowest BCUT2D eigenvalue weighted by Gasteiger charge is -2.08. The van der Waals surface area contributed by atoms with Crippen molar-refractivity contribution in [1.29, 1.82) is 0 Å². The zero-order valence-electron chi connectivity index (χ0n) is 7.90. The van der Waals surface area contributed by atoms with E-state index in [9.17, 15) is 9.59 Å². The number of pyridine rings is 1. The molecule has 0 aliphatic carbocycles. The number of rotatable bonds is 3. The summed E-state index contributed by atoms with van der Waals surface area (Å²) in [5.41, 5.74) is 0.325. The molecule has 0 aliphatic rings. The highest BCUT2D eigenvalue weighted by Crippen LogP contribution is 2.06. The molecular formula is C9H9BrN2O3. The molecule has 1 unspecified atom stereocenters. The standard InChI is InChI=1S/C9H9BrN2O3/c1-5(9(14)15)12-8(13)6-2-3-7(10)11-4-6/h2-5H,1H3,(H,12,13)(H,14,15). The number of hydrogen-bond donors (Lipinski definition) is 2. The largest absolute Gasteiger partial charge is 0.480 e. The van der Waals surface area contributed by atoms with Crippen molar-refractivity contribution in [3.63, 3.8) is 0 Å². The van der Waals surface area contributed by atoms with Gasteiger partial charge in [-0.25, -0.2) is 4.98 Å². The van der Waals surface area contributed by atoms with Crippen molar-refractivity contribution in [3.8, 4) is 0 Å². The van der Waals surface area contributed by atoms with Crippen LogP contribution in [0.2, 0.25) is 0 Å². The highest BCUT2D eigenvalue weighted by atomic mass is 79.9. The fourth-order valence-electron chi connectivity index (χ4n) is 0.852. The van der Waals surface area contributed by atoms with E-state index in [-0.39, 0.29) is 0 Å². The Labute approximate surface area is 94.6 Å². The molecule has 15 heavy (non-hydrogen) atoms. The normalized spacial score (nSPS) is 11.9. The maximum atomic E-state index is 11.4. The van der Waals surface area contributed by atoms with Crippen molar-refractivity contribution in [2.45, 2.75) is 13.0 Å². The summed E-state index contributed by atoms with van der Waals surface area (Å²) in [6, 6.07) is 2.25. The van der Waals surface area contributed by atoms with Crippen molar-refractivity contribution in [2.24, 2.45) is 0 Å². The van der Waals surface area contributed by atoms with Gasteiger partial charge in [-0.1, -0.05) is 0 Å². The highest BCUT2D eigenvalue weighted by molar-refractivity contribution is 9.10. The molecule has 0 bridgehead atoms. The second-order valence-electron chi connectivity index (χ2n) is 2.90. The third-order valence-electron chi connectivity index (χ3n) is 1.71. The van der Waals surface area contributed by atoms with Crippen LogP contribution in [0, 0.1) is 0 Å². The monoisotopic (exact) mass is 272 g/mol. The van der Waals surface area contributed by atoms with E-state index in [0.29, 0.717) is 10.2 Å². The number of amides is 1. The van der Waals surface area contributed by atoms with Crippen LogP contribution in [-0.2, 0) is 4.79 Å². The van der Waals surface area contributed by atoms with E-state index in [2.05, 4.69) is 26.2 Å². The Bertz CT molecular complexity index is 377. The lowest BCUT2D eigenvalue weighted by molar-refractivity contribution is -0.138. The third kappa shape index (κ3) is 3.32. The second-order valence-corrected chi connectivity index (χ2v) is 3.72. The van der Waals surface area contributed by atoms with Crippen LogP contribution in [-0.4, -0.2) is 28.0 Å². The molecule has 0 fully saturated rings. The Morgan fingerprint density at radius 2 is 2.20 bits per heavy atom. The molecule has 1 atom stereocenters. The lowest BCUT2D eigenvalue weighted by Crippen LogP contribution is -2.38. The minimum atomic E-state index is -1.08. The van der Waals surface area contributed by atoms with Crippen molar-refractivity contribution in [2.75, 3.05) is 0 Å². The molecule has 1 rings (SSSR count). The Morgan fingerprint density at radius 3 is 2.67 bits per heavy atom. The van der Waals surface area contributed by atoms with Crippen LogP contribution >= 0.6 is 15.9 Å². The van der Waals surface area contributed by atoms with E-state index >= 15 is 0 Å². The molecular weight excluding hydrogens is 264 g/mol. The molecule has 1 heterocycles. The van der Waals surface area contributed by atoms with Crippen LogP contribution < -0.4 is 5.32 Å². The summed E-state index contributed by atoms with van der Waals surface area (Å²) in [7, 11) is 0. The molecule has 0 saturated heterocycles. The number of carboxylic acid groups (broad SMARTS) is 1. The number of nitrogens with one attached hydrogen (secondary N) is 1. The fraction of sp³-hybridized carbons (Fsp3) is 0.222. The first kappa shape index (κ1) is 11.6. The van der Waals surface area contributed by atoms with Crippen LogP contribution in [0.4, 0.5) is 0 Å². The number of nitrogens with zero attached hydrogens (tertiary/aromatic N) is 1. The molecule has 0 aliphatic heterocycles. The van der Waals surface area contributed by atoms with Crippen molar-refractivity contribution < 1.29 is 14.7 Å². The smallest absolute Gasteiger partial charge is 0.325 e. The zero-order chi connectivity index (χ0) is 11.4. The van der Waals surface area contributed by atoms with E-state index in [0.717, 1.165) is 0 Å². The molecule has 80 valence electrons. The maximum absolute atomic E-state index is 11.4. The Hall–Kier alpha value is -1.43. The van der Waals surface area contributed by atoms with E-state index in [4.69, 9.17) is 5.11 Å². The fourth-order valence-corrected chi connectivity index (χ4v) is 1.09. The Morgan fingerprint density at radius 1 is 1.53 bits per heavy atom. The van der Waals surface area contributed by atoms with Gasteiger partial charge in [0.25, 0.3) is 5.91 Å². The Balaban J connectivity index is 2.69. The topological polar surface area (TPSA) is 79.3 Å². The van der Waals surface area contributed by atoms with Crippen molar-refractivity contribution >= 4 is 27.8 Å². The van der Waals surface area contributed by atoms with Crippen LogP contribution in [0.5, 0.6) is 0 Å². The van der Waals surface area contributed by atoms with E-state index in [1.54, 1.807) is 12.1 Å². The number of hydrogen-bond acceptors (Lipinski definition) is 3. The van der Waals surface area contributed by atoms with E-state index in [1.165, 1.54) is 13.1 Å². The quantitative estimate of drug-likeness (QED) is 0.807. The number of aromatic nitrogens is 1. The van der Waals surface area contributed by atoms with Crippen molar-refractivity contribution in [1.82, 2.24) is 10.3 Å². The number of carbonyl (C=O) groups is 2. The third-order valence-corrected chi connectivity index (χ3v) is 2.18. The molecule has 5 nitrogen and oxygen atoms in total. The van der Waals surface area contributed by atoms with Gasteiger partial charge in [-0.2, -0.15) is 0 Å². The van der Waals surface area contributed by atoms with Crippen LogP contribution in [0.3, 0.4) is 0 Å². The van der Waals surface area contributed by atoms with E-state index in [1.807, 2.05) is 0 Å². The average Bonchev–Trinajstić information content (AvgIpc) is 2.18. The van der Waals surface area contributed by atoms with Gasteiger partial charge in [0.2, 0.25) is 0 Å². The van der Waals surface area contributed by atoms with Crippen molar-refractivity contribution in [3.05, 3.63) is 28.5 Å². The maximum Gasteiger partial charge on any atom is 0.325 e. The summed E-state index contributed by atoms with van der Waals surface area (Å²) in [4.78, 5) is 25.8. The molecule has 0 spiro atoms. The summed E-state index contributed by atoms with van der Waals surface area (Å²) >= 11 is 3.13. The van der Waals surface area contributed by atoms with Crippen LogP contribution in [0.1, 0.15) is 17.3 Å². The molecule has 1 aromatic heterocycles. The predicted octanol–water partition coefficient (Wildman–Crippen LogP) is 1.05. The highest BCUT2D eigenvalue weighted by Gasteiger charge is 2.15. The van der Waals surface area contributed by atoms with Gasteiger partial charge in [0.15, 0.2) is 0 Å². The number of carbonyl (C=O) groups excluding carboxylic acids is 1. The van der Waals surface area contributed by atoms with Crippen LogP contribution in [0.15, 0.2) is 22.9 Å². The summed E-state index contributed by atoms with van der Waals surface area (Å²) in [6.07, 6.45) is 1.37. The van der Waals surface area contributed by atoms with Gasteiger partial charge in [-0.05, 0) is 35.0 Å². The van der Waals surface area contributed by atoms with Gasteiger partial charge < -0.3 is 10.4 Å². The SMILES string of the molecule is CC(NC(=O)c1ccc(Br)nc1)C(=O)O. The van der Waals surface area contributed by atoms with Crippen LogP contribution in [0.25, 0.3) is 0 Å². The lowest BCUT2D eigenvalue weighted by atomic mass is 10.2. The molecule has 0 aromatic carbocycles. The summed E-state index contributed by atoms with van der Waals surface area (Å²) < 4.78 is 0.616. The molecule has 1 aromatic rings. The zero-order valence-corrected chi connectivity index (χ0v) is 9.48. The van der Waals surface area contributed by atoms with Gasteiger partial charge >= 0.3 is 5.97 Å². The molecule has 0 radical (unpaired) electrons. The summed E-state index contributed by atoms with van der Waals surface area (Å²) in [6.45, 7) is 1.40. The van der Waals surface area contributed by atoms with E-state index < -0.39 is 17.9 Å². The molecule has 2 N–H and O–H groups in total. The molecule has 6 heteroatoms. The van der Waals surface area contributed by atoms with Gasteiger partial charge in [0, 0.05) is 6.20 Å². The predicted molar refractivity (Wildman–Crippen MR) is 56.5 cm³/mol. The molecule has 0 saturated carbocycles. The number of halogens is 1. The average molecular weight is 273 g/mol. The van der Waals surface area contributed by atoms with Gasteiger partial charge in [-0.15, -0.1) is 0 Å². The minimum absolute atomic E-state index is 0.325. The number of aliphatic carboxylic acids is 1. The van der Waals surface area contributed by atoms with Gasteiger partial charge in [0.1, 0.15) is 10.6 Å². The summed E-state index contributed by atoms with van der Waals surface area (Å²) in [5.74, 6) is -1.53. The first-order chi connectivity index (χ1) is 7.00. The molecule has 1 amide bonds. The van der Waals surface area contributed by atoms with Gasteiger partial charge in [-0.3, -0.25) is 9.59 Å². The second kappa shape index (κ2) is 4.88. The van der Waals surface area contributed by atoms with Gasteiger partial charge in [0.05, 0.1) is 5.56 Å². The number of carboxylic acids is 1. The first-order valence-corrected chi connectivity index (χ1v) is 4.95. The first-order valence-electron chi connectivity index (χ1n) is 4.16.